The van der Waals surface area contributed by atoms with Crippen LogP contribution in [0.25, 0.3) is 11.2 Å². The first kappa shape index (κ1) is 21.1. The van der Waals surface area contributed by atoms with Crippen LogP contribution in [-0.2, 0) is 23.1 Å². The fourth-order valence-corrected chi connectivity index (χ4v) is 3.56. The Labute approximate surface area is 169 Å². The Balaban J connectivity index is 1.89. The van der Waals surface area contributed by atoms with Crippen molar-refractivity contribution >= 4 is 23.1 Å². The molecule has 0 unspecified atom stereocenters. The summed E-state index contributed by atoms with van der Waals surface area (Å²) >= 11 is 0. The predicted molar refractivity (Wildman–Crippen MR) is 110 cm³/mol. The third-order valence-corrected chi connectivity index (χ3v) is 5.23. The highest BCUT2D eigenvalue weighted by Gasteiger charge is 2.25. The first-order valence-corrected chi connectivity index (χ1v) is 10.1. The van der Waals surface area contributed by atoms with E-state index in [2.05, 4.69) is 33.6 Å². The maximum atomic E-state index is 12.5. The summed E-state index contributed by atoms with van der Waals surface area (Å²) in [5.74, 6) is 0.947. The van der Waals surface area contributed by atoms with E-state index in [1.165, 1.54) is 4.57 Å². The number of aromatic nitrogens is 4. The smallest absolute Gasteiger partial charge is 0.329 e. The van der Waals surface area contributed by atoms with Crippen LogP contribution in [0.5, 0.6) is 0 Å². The number of H-pyrrole nitrogens is 1. The van der Waals surface area contributed by atoms with E-state index < -0.39 is 11.2 Å². The van der Waals surface area contributed by atoms with Gasteiger partial charge in [-0.1, -0.05) is 13.8 Å². The van der Waals surface area contributed by atoms with Gasteiger partial charge in [-0.3, -0.25) is 24.0 Å². The molecular weight excluding hydrogens is 376 g/mol. The van der Waals surface area contributed by atoms with Gasteiger partial charge in [-0.2, -0.15) is 4.98 Å². The molecule has 0 aliphatic carbocycles. The highest BCUT2D eigenvalue weighted by Crippen LogP contribution is 2.22. The lowest BCUT2D eigenvalue weighted by molar-refractivity contribution is -0.144. The van der Waals surface area contributed by atoms with Gasteiger partial charge in [0.15, 0.2) is 11.2 Å². The summed E-state index contributed by atoms with van der Waals surface area (Å²) < 4.78 is 8.33. The molecule has 0 bridgehead atoms. The molecule has 0 radical (unpaired) electrons. The van der Waals surface area contributed by atoms with Gasteiger partial charge in [-0.25, -0.2) is 4.79 Å². The van der Waals surface area contributed by atoms with Crippen molar-refractivity contribution in [1.82, 2.24) is 24.0 Å². The summed E-state index contributed by atoms with van der Waals surface area (Å²) in [6.45, 7) is 10.1. The summed E-state index contributed by atoms with van der Waals surface area (Å²) in [6, 6.07) is 0. The zero-order valence-electron chi connectivity index (χ0n) is 17.6. The van der Waals surface area contributed by atoms with Crippen molar-refractivity contribution < 1.29 is 9.53 Å². The normalized spacial score (nSPS) is 15.4. The first-order valence-electron chi connectivity index (χ1n) is 10.1. The Bertz CT molecular complexity index is 981. The van der Waals surface area contributed by atoms with E-state index in [4.69, 9.17) is 4.74 Å². The Hall–Kier alpha value is -2.62. The third-order valence-electron chi connectivity index (χ3n) is 5.23. The van der Waals surface area contributed by atoms with Gasteiger partial charge >= 0.3 is 11.7 Å². The predicted octanol–water partition coefficient (Wildman–Crippen LogP) is 0.155. The Morgan fingerprint density at radius 3 is 2.52 bits per heavy atom. The van der Waals surface area contributed by atoms with Crippen LogP contribution in [0.1, 0.15) is 27.2 Å². The molecule has 2 aromatic rings. The second-order valence-corrected chi connectivity index (χ2v) is 7.80. The molecule has 0 aromatic carbocycles. The number of carbonyl (C=O) groups excluding carboxylic acids is 1. The molecule has 160 valence electrons. The van der Waals surface area contributed by atoms with Gasteiger partial charge in [0.25, 0.3) is 5.56 Å². The zero-order valence-corrected chi connectivity index (χ0v) is 17.6. The number of nitrogens with one attached hydrogen (secondary N) is 1. The first-order chi connectivity index (χ1) is 13.8. The molecule has 10 heteroatoms. The number of piperazine rings is 1. The SMILES string of the molecule is CCOC(=O)CN1CCN(c2nc3c(c(=O)[nH]c(=O)n3C)n2CCC(C)C)CC1. The van der Waals surface area contributed by atoms with Gasteiger partial charge in [-0.05, 0) is 19.3 Å². The minimum Gasteiger partial charge on any atom is -0.465 e. The zero-order chi connectivity index (χ0) is 21.1. The molecule has 0 atom stereocenters. The number of aryl methyl sites for hydroxylation is 2. The average molecular weight is 406 g/mol. The molecule has 1 saturated heterocycles. The number of hydrogen-bond acceptors (Lipinski definition) is 7. The van der Waals surface area contributed by atoms with Crippen molar-refractivity contribution in [1.29, 1.82) is 0 Å². The van der Waals surface area contributed by atoms with Crippen molar-refractivity contribution in [3.8, 4) is 0 Å². The standard InChI is InChI=1S/C19H30N6O4/c1-5-29-14(26)12-23-8-10-24(11-9-23)18-20-16-15(25(18)7-6-13(2)3)17(27)21-19(28)22(16)4/h13H,5-12H2,1-4H3,(H,21,27,28). The van der Waals surface area contributed by atoms with Crippen molar-refractivity contribution in [2.24, 2.45) is 13.0 Å². The topological polar surface area (TPSA) is 105 Å². The molecule has 3 rings (SSSR count). The van der Waals surface area contributed by atoms with Crippen molar-refractivity contribution in [3.63, 3.8) is 0 Å². The minimum absolute atomic E-state index is 0.216. The maximum Gasteiger partial charge on any atom is 0.329 e. The number of rotatable bonds is 7. The Kier molecular flexibility index (Phi) is 6.41. The summed E-state index contributed by atoms with van der Waals surface area (Å²) in [5.41, 5.74) is -0.0588. The lowest BCUT2D eigenvalue weighted by atomic mass is 10.1. The largest absolute Gasteiger partial charge is 0.465 e. The minimum atomic E-state index is -0.471. The van der Waals surface area contributed by atoms with Gasteiger partial charge in [0.05, 0.1) is 13.2 Å². The second-order valence-electron chi connectivity index (χ2n) is 7.80. The number of ether oxygens (including phenoxy) is 1. The Morgan fingerprint density at radius 2 is 1.90 bits per heavy atom. The molecule has 2 aromatic heterocycles. The number of hydrogen-bond donors (Lipinski definition) is 1. The molecule has 1 fully saturated rings. The molecule has 1 aliphatic rings. The summed E-state index contributed by atoms with van der Waals surface area (Å²) in [5, 5.41) is 0. The molecule has 0 amide bonds. The van der Waals surface area contributed by atoms with Crippen molar-refractivity contribution in [2.75, 3.05) is 44.2 Å². The van der Waals surface area contributed by atoms with Gasteiger partial charge in [0, 0.05) is 39.8 Å². The molecular formula is C19H30N6O4. The average Bonchev–Trinajstić information content (AvgIpc) is 3.05. The Morgan fingerprint density at radius 1 is 1.21 bits per heavy atom. The van der Waals surface area contributed by atoms with E-state index in [0.29, 0.717) is 62.4 Å². The third kappa shape index (κ3) is 4.52. The van der Waals surface area contributed by atoms with Gasteiger partial charge in [0.2, 0.25) is 5.95 Å². The van der Waals surface area contributed by atoms with Crippen molar-refractivity contribution in [3.05, 3.63) is 20.8 Å². The van der Waals surface area contributed by atoms with Gasteiger partial charge in [0.1, 0.15) is 0 Å². The van der Waals surface area contributed by atoms with Crippen molar-refractivity contribution in [2.45, 2.75) is 33.7 Å². The van der Waals surface area contributed by atoms with E-state index in [-0.39, 0.29) is 12.5 Å². The molecule has 1 aliphatic heterocycles. The van der Waals surface area contributed by atoms with Crippen LogP contribution in [0.3, 0.4) is 0 Å². The van der Waals surface area contributed by atoms with Crippen LogP contribution >= 0.6 is 0 Å². The van der Waals surface area contributed by atoms with E-state index in [0.717, 1.165) is 6.42 Å². The van der Waals surface area contributed by atoms with Crippen LogP contribution in [-0.4, -0.2) is 69.3 Å². The number of esters is 1. The quantitative estimate of drug-likeness (QED) is 0.653. The highest BCUT2D eigenvalue weighted by molar-refractivity contribution is 5.74. The lowest BCUT2D eigenvalue weighted by Gasteiger charge is -2.34. The van der Waals surface area contributed by atoms with E-state index in [9.17, 15) is 14.4 Å². The molecule has 3 heterocycles. The number of anilines is 1. The number of nitrogens with zero attached hydrogens (tertiary/aromatic N) is 5. The summed E-state index contributed by atoms with van der Waals surface area (Å²) in [6.07, 6.45) is 0.892. The maximum absolute atomic E-state index is 12.5. The van der Waals surface area contributed by atoms with Gasteiger partial charge < -0.3 is 14.2 Å². The van der Waals surface area contributed by atoms with Crippen LogP contribution in [0, 0.1) is 5.92 Å². The molecule has 29 heavy (non-hydrogen) atoms. The molecule has 10 nitrogen and oxygen atoms in total. The van der Waals surface area contributed by atoms with Crippen LogP contribution in [0.4, 0.5) is 5.95 Å². The monoisotopic (exact) mass is 406 g/mol. The van der Waals surface area contributed by atoms with Crippen LogP contribution < -0.4 is 16.1 Å². The van der Waals surface area contributed by atoms with E-state index in [1.54, 1.807) is 14.0 Å². The molecule has 0 spiro atoms. The number of aromatic amines is 1. The number of carbonyl (C=O) groups is 1. The number of imidazole rings is 1. The lowest BCUT2D eigenvalue weighted by Crippen LogP contribution is -2.49. The fourth-order valence-electron chi connectivity index (χ4n) is 3.56. The van der Waals surface area contributed by atoms with Crippen LogP contribution in [0.15, 0.2) is 9.59 Å². The number of fused-ring (bicyclic) bond motifs is 1. The van der Waals surface area contributed by atoms with Gasteiger partial charge in [-0.15, -0.1) is 0 Å². The van der Waals surface area contributed by atoms with E-state index in [1.807, 2.05) is 4.57 Å². The summed E-state index contributed by atoms with van der Waals surface area (Å²) in [4.78, 5) is 47.5. The second kappa shape index (κ2) is 8.81. The molecule has 1 N–H and O–H groups in total. The fraction of sp³-hybridized carbons (Fsp3) is 0.684. The highest BCUT2D eigenvalue weighted by atomic mass is 16.5. The van der Waals surface area contributed by atoms with Crippen LogP contribution in [0.2, 0.25) is 0 Å². The summed E-state index contributed by atoms with van der Waals surface area (Å²) in [7, 11) is 1.61. The van der Waals surface area contributed by atoms with E-state index >= 15 is 0 Å². The molecule has 0 saturated carbocycles.